The van der Waals surface area contributed by atoms with Gasteiger partial charge in [-0.2, -0.15) is 19.6 Å². The Bertz CT molecular complexity index is 358. The Morgan fingerprint density at radius 2 is 1.30 bits per heavy atom. The van der Waals surface area contributed by atoms with Crippen LogP contribution in [0.15, 0.2) is 0 Å². The van der Waals surface area contributed by atoms with Gasteiger partial charge in [-0.3, -0.25) is 4.79 Å². The number of carbonyl (C=O) groups is 1. The lowest BCUT2D eigenvalue weighted by molar-refractivity contribution is -0.663. The minimum Gasteiger partial charge on any atom is -0.369 e. The van der Waals surface area contributed by atoms with Crippen LogP contribution >= 0.6 is 0 Å². The van der Waals surface area contributed by atoms with Crippen molar-refractivity contribution in [3.63, 3.8) is 0 Å². The predicted molar refractivity (Wildman–Crippen MR) is 68.6 cm³/mol. The van der Waals surface area contributed by atoms with E-state index in [0.29, 0.717) is 31.6 Å². The Morgan fingerprint density at radius 3 is 1.70 bits per heavy atom. The van der Waals surface area contributed by atoms with Crippen molar-refractivity contribution in [2.45, 2.75) is 69.9 Å². The average Bonchev–Trinajstić information content (AvgIpc) is 2.46. The maximum Gasteiger partial charge on any atom is 0.234 e. The summed E-state index contributed by atoms with van der Waals surface area (Å²) in [4.78, 5) is 33.5. The van der Waals surface area contributed by atoms with Crippen LogP contribution in [0.1, 0.15) is 58.3 Å². The van der Waals surface area contributed by atoms with E-state index in [1.165, 1.54) is 0 Å². The molecule has 0 aromatic rings. The third kappa shape index (κ3) is 2.70. The van der Waals surface area contributed by atoms with Gasteiger partial charge in [0.1, 0.15) is 0 Å². The second kappa shape index (κ2) is 5.26. The van der Waals surface area contributed by atoms with E-state index in [1.807, 2.05) is 0 Å². The Hall–Kier alpha value is -0.690. The topological polar surface area (TPSA) is 80.0 Å². The third-order valence-corrected chi connectivity index (χ3v) is 4.88. The van der Waals surface area contributed by atoms with Crippen molar-refractivity contribution in [1.82, 2.24) is 0 Å². The molecule has 2 N–H and O–H groups in total. The number of nitrogens with two attached hydrogens (primary N) is 1. The molecule has 0 aromatic carbocycles. The maximum atomic E-state index is 11.2. The van der Waals surface area contributed by atoms with Gasteiger partial charge in [-0.05, 0) is 31.6 Å². The first-order valence-electron chi connectivity index (χ1n) is 7.56. The van der Waals surface area contributed by atoms with Gasteiger partial charge in [0.15, 0.2) is 0 Å². The highest BCUT2D eigenvalue weighted by atomic mass is 17.4. The molecule has 2 spiro atoms. The van der Waals surface area contributed by atoms with Crippen LogP contribution in [0.25, 0.3) is 0 Å². The van der Waals surface area contributed by atoms with Crippen LogP contribution in [-0.2, 0) is 24.3 Å². The van der Waals surface area contributed by atoms with Crippen molar-refractivity contribution in [2.75, 3.05) is 0 Å². The molecule has 0 bridgehead atoms. The zero-order chi connectivity index (χ0) is 14.2. The smallest absolute Gasteiger partial charge is 0.234 e. The molecule has 1 saturated heterocycles. The van der Waals surface area contributed by atoms with Crippen LogP contribution in [0.2, 0.25) is 0 Å². The van der Waals surface area contributed by atoms with Crippen LogP contribution < -0.4 is 5.73 Å². The highest BCUT2D eigenvalue weighted by molar-refractivity contribution is 5.76. The van der Waals surface area contributed by atoms with Crippen molar-refractivity contribution >= 4 is 5.91 Å². The summed E-state index contributed by atoms with van der Waals surface area (Å²) in [6.45, 7) is 2.23. The van der Waals surface area contributed by atoms with E-state index in [9.17, 15) is 4.79 Å². The summed E-state index contributed by atoms with van der Waals surface area (Å²) >= 11 is 0. The summed E-state index contributed by atoms with van der Waals surface area (Å²) in [7, 11) is 0. The Labute approximate surface area is 118 Å². The summed E-state index contributed by atoms with van der Waals surface area (Å²) < 4.78 is 0. The SMILES string of the molecule is CC1CCC2(CC1)OOC1(CCC(C(N)=O)CC1)OO2. The Balaban J connectivity index is 1.55. The molecule has 114 valence electrons. The lowest BCUT2D eigenvalue weighted by atomic mass is 9.84. The lowest BCUT2D eigenvalue weighted by Gasteiger charge is -2.47. The number of rotatable bonds is 1. The zero-order valence-corrected chi connectivity index (χ0v) is 11.9. The van der Waals surface area contributed by atoms with Crippen LogP contribution in [0, 0.1) is 11.8 Å². The second-order valence-corrected chi connectivity index (χ2v) is 6.51. The molecular weight excluding hydrogens is 262 g/mol. The number of carbonyl (C=O) groups excluding carboxylic acids is 1. The second-order valence-electron chi connectivity index (χ2n) is 6.51. The van der Waals surface area contributed by atoms with Crippen molar-refractivity contribution < 1.29 is 24.3 Å². The fourth-order valence-electron chi connectivity index (χ4n) is 3.21. The van der Waals surface area contributed by atoms with Crippen molar-refractivity contribution in [3.05, 3.63) is 0 Å². The molecule has 20 heavy (non-hydrogen) atoms. The van der Waals surface area contributed by atoms with Crippen LogP contribution in [0.4, 0.5) is 0 Å². The Kier molecular flexibility index (Phi) is 3.75. The molecular formula is C14H23NO5. The van der Waals surface area contributed by atoms with Crippen LogP contribution in [-0.4, -0.2) is 17.5 Å². The van der Waals surface area contributed by atoms with E-state index < -0.39 is 11.6 Å². The van der Waals surface area contributed by atoms with E-state index in [0.717, 1.165) is 25.7 Å². The molecule has 6 heteroatoms. The number of amides is 1. The van der Waals surface area contributed by atoms with E-state index >= 15 is 0 Å². The third-order valence-electron chi connectivity index (χ3n) is 4.88. The predicted octanol–water partition coefficient (Wildman–Crippen LogP) is 2.17. The van der Waals surface area contributed by atoms with Crippen molar-refractivity contribution in [1.29, 1.82) is 0 Å². The minimum atomic E-state index is -0.861. The van der Waals surface area contributed by atoms with Crippen molar-refractivity contribution in [2.24, 2.45) is 17.6 Å². The first kappa shape index (κ1) is 14.3. The first-order chi connectivity index (χ1) is 9.53. The highest BCUT2D eigenvalue weighted by Crippen LogP contribution is 2.45. The summed E-state index contributed by atoms with van der Waals surface area (Å²) in [5.41, 5.74) is 5.33. The zero-order valence-electron chi connectivity index (χ0n) is 11.9. The molecule has 0 unspecified atom stereocenters. The molecule has 3 fully saturated rings. The van der Waals surface area contributed by atoms with Gasteiger partial charge in [0.25, 0.3) is 0 Å². The van der Waals surface area contributed by atoms with Crippen molar-refractivity contribution in [3.8, 4) is 0 Å². The molecule has 3 rings (SSSR count). The van der Waals surface area contributed by atoms with Gasteiger partial charge in [-0.1, -0.05) is 6.92 Å². The van der Waals surface area contributed by atoms with Crippen LogP contribution in [0.3, 0.4) is 0 Å². The van der Waals surface area contributed by atoms with E-state index in [2.05, 4.69) is 6.92 Å². The average molecular weight is 285 g/mol. The number of primary amides is 1. The quantitative estimate of drug-likeness (QED) is 0.747. The van der Waals surface area contributed by atoms with Gasteiger partial charge >= 0.3 is 0 Å². The fourth-order valence-corrected chi connectivity index (χ4v) is 3.21. The fraction of sp³-hybridized carbons (Fsp3) is 0.929. The maximum absolute atomic E-state index is 11.2. The standard InChI is InChI=1S/C14H23NO5/c1-10-2-6-13(7-3-10)17-19-14(20-18-13)8-4-11(5-9-14)12(15)16/h10-11H,2-9H2,1H3,(H2,15,16). The normalized spacial score (nSPS) is 45.6. The summed E-state index contributed by atoms with van der Waals surface area (Å²) in [6.07, 6.45) is 6.08. The minimum absolute atomic E-state index is 0.0979. The van der Waals surface area contributed by atoms with E-state index in [1.54, 1.807) is 0 Å². The van der Waals surface area contributed by atoms with Gasteiger partial charge in [0.2, 0.25) is 17.5 Å². The lowest BCUT2D eigenvalue weighted by Crippen LogP contribution is -2.53. The highest BCUT2D eigenvalue weighted by Gasteiger charge is 2.51. The molecule has 0 radical (unpaired) electrons. The van der Waals surface area contributed by atoms with Gasteiger partial charge in [-0.15, -0.1) is 0 Å². The molecule has 1 aliphatic heterocycles. The first-order valence-corrected chi connectivity index (χ1v) is 7.56. The summed E-state index contributed by atoms with van der Waals surface area (Å²) in [5.74, 6) is -1.26. The van der Waals surface area contributed by atoms with Gasteiger partial charge in [0, 0.05) is 31.6 Å². The summed E-state index contributed by atoms with van der Waals surface area (Å²) in [5, 5.41) is 0. The van der Waals surface area contributed by atoms with E-state index in [-0.39, 0.29) is 11.8 Å². The van der Waals surface area contributed by atoms with Crippen LogP contribution in [0.5, 0.6) is 0 Å². The van der Waals surface area contributed by atoms with Gasteiger partial charge in [-0.25, -0.2) is 0 Å². The summed E-state index contributed by atoms with van der Waals surface area (Å²) in [6, 6.07) is 0. The molecule has 2 aliphatic carbocycles. The molecule has 0 atom stereocenters. The molecule has 1 heterocycles. The molecule has 3 aliphatic rings. The molecule has 0 aromatic heterocycles. The largest absolute Gasteiger partial charge is 0.369 e. The molecule has 1 amide bonds. The number of hydrogen-bond acceptors (Lipinski definition) is 5. The van der Waals surface area contributed by atoms with Gasteiger partial charge < -0.3 is 5.73 Å². The van der Waals surface area contributed by atoms with Gasteiger partial charge in [0.05, 0.1) is 0 Å². The van der Waals surface area contributed by atoms with E-state index in [4.69, 9.17) is 25.3 Å². The Morgan fingerprint density at radius 1 is 0.900 bits per heavy atom. The molecule has 6 nitrogen and oxygen atoms in total. The number of hydrogen-bond donors (Lipinski definition) is 1. The molecule has 2 saturated carbocycles. The monoisotopic (exact) mass is 285 g/mol.